The number of hydrogen-bond acceptors (Lipinski definition) is 0. The Morgan fingerprint density at radius 1 is 0.464 bits per heavy atom. The Balaban J connectivity index is 0.000000233. The molecular formula is C28H38. The third-order valence-corrected chi connectivity index (χ3v) is 4.57. The van der Waals surface area contributed by atoms with Crippen LogP contribution in [0, 0.1) is 20.8 Å². The lowest BCUT2D eigenvalue weighted by atomic mass is 10.0. The zero-order valence-electron chi connectivity index (χ0n) is 18.3. The Labute approximate surface area is 173 Å². The molecule has 0 amide bonds. The van der Waals surface area contributed by atoms with Gasteiger partial charge in [0.15, 0.2) is 0 Å². The third-order valence-electron chi connectivity index (χ3n) is 4.57. The fourth-order valence-corrected chi connectivity index (χ4v) is 2.76. The molecule has 0 unspecified atom stereocenters. The molecule has 0 radical (unpaired) electrons. The Morgan fingerprint density at radius 2 is 0.893 bits per heavy atom. The zero-order valence-corrected chi connectivity index (χ0v) is 18.3. The fraction of sp³-hybridized carbons (Fsp3) is 0.357. The van der Waals surface area contributed by atoms with Crippen LogP contribution in [0.1, 0.15) is 61.3 Å². The zero-order chi connectivity index (χ0) is 20.5. The van der Waals surface area contributed by atoms with Crippen LogP contribution in [0.5, 0.6) is 0 Å². The summed E-state index contributed by atoms with van der Waals surface area (Å²) in [5.41, 5.74) is 5.50. The molecule has 3 aromatic rings. The number of hydrogen-bond donors (Lipinski definition) is 0. The van der Waals surface area contributed by atoms with Gasteiger partial charge in [-0.3, -0.25) is 0 Å². The summed E-state index contributed by atoms with van der Waals surface area (Å²) in [6.07, 6.45) is 8.13. The SMILES string of the molecule is CCCCCCCc1ccc(C)cc1.Cc1ccccc1.Cc1ccccc1. The molecule has 3 aromatic carbocycles. The minimum atomic E-state index is 1.25. The van der Waals surface area contributed by atoms with Crippen molar-refractivity contribution in [3.05, 3.63) is 107 Å². The van der Waals surface area contributed by atoms with Gasteiger partial charge in [-0.15, -0.1) is 0 Å². The Morgan fingerprint density at radius 3 is 1.29 bits per heavy atom. The highest BCUT2D eigenvalue weighted by Gasteiger charge is 1.93. The van der Waals surface area contributed by atoms with Gasteiger partial charge in [0.25, 0.3) is 0 Å². The molecular weight excluding hydrogens is 336 g/mol. The maximum absolute atomic E-state index is 2.26. The van der Waals surface area contributed by atoms with E-state index in [0.29, 0.717) is 0 Å². The highest BCUT2D eigenvalue weighted by atomic mass is 14.0. The van der Waals surface area contributed by atoms with Gasteiger partial charge in [0.2, 0.25) is 0 Å². The van der Waals surface area contributed by atoms with Crippen LogP contribution < -0.4 is 0 Å². The molecule has 0 aliphatic rings. The molecule has 0 bridgehead atoms. The van der Waals surface area contributed by atoms with Gasteiger partial charge in [-0.25, -0.2) is 0 Å². The minimum Gasteiger partial charge on any atom is -0.0654 e. The van der Waals surface area contributed by atoms with E-state index in [0.717, 1.165) is 0 Å². The molecule has 0 N–H and O–H groups in total. The highest BCUT2D eigenvalue weighted by molar-refractivity contribution is 5.21. The molecule has 150 valence electrons. The van der Waals surface area contributed by atoms with Crippen LogP contribution in [0.3, 0.4) is 0 Å². The van der Waals surface area contributed by atoms with Gasteiger partial charge in [0.05, 0.1) is 0 Å². The number of aryl methyl sites for hydroxylation is 4. The van der Waals surface area contributed by atoms with Crippen LogP contribution in [0.15, 0.2) is 84.9 Å². The van der Waals surface area contributed by atoms with E-state index < -0.39 is 0 Å². The molecule has 0 fully saturated rings. The second-order valence-electron chi connectivity index (χ2n) is 7.46. The van der Waals surface area contributed by atoms with Gasteiger partial charge >= 0.3 is 0 Å². The van der Waals surface area contributed by atoms with Crippen molar-refractivity contribution < 1.29 is 0 Å². The van der Waals surface area contributed by atoms with Crippen molar-refractivity contribution >= 4 is 0 Å². The molecule has 0 saturated carbocycles. The first-order chi connectivity index (χ1) is 13.6. The average Bonchev–Trinajstić information content (AvgIpc) is 2.71. The van der Waals surface area contributed by atoms with E-state index >= 15 is 0 Å². The summed E-state index contributed by atoms with van der Waals surface area (Å²) >= 11 is 0. The van der Waals surface area contributed by atoms with E-state index in [-0.39, 0.29) is 0 Å². The van der Waals surface area contributed by atoms with Crippen LogP contribution in [0.25, 0.3) is 0 Å². The van der Waals surface area contributed by atoms with Crippen LogP contribution >= 0.6 is 0 Å². The van der Waals surface area contributed by atoms with Crippen LogP contribution in [0.4, 0.5) is 0 Å². The third kappa shape index (κ3) is 12.9. The maximum Gasteiger partial charge on any atom is -0.0279 e. The van der Waals surface area contributed by atoms with E-state index in [1.807, 2.05) is 36.4 Å². The van der Waals surface area contributed by atoms with Gasteiger partial charge in [0.1, 0.15) is 0 Å². The highest BCUT2D eigenvalue weighted by Crippen LogP contribution is 2.09. The first-order valence-electron chi connectivity index (χ1n) is 10.7. The topological polar surface area (TPSA) is 0 Å². The van der Waals surface area contributed by atoms with Crippen molar-refractivity contribution in [2.45, 2.75) is 66.2 Å². The Kier molecular flexibility index (Phi) is 13.3. The molecule has 0 spiro atoms. The standard InChI is InChI=1S/C14H22.2C7H8/c1-3-4-5-6-7-8-14-11-9-13(2)10-12-14;2*1-7-5-3-2-4-6-7/h9-12H,3-8H2,1-2H3;2*2-6H,1H3. The summed E-state index contributed by atoms with van der Waals surface area (Å²) < 4.78 is 0. The first kappa shape index (κ1) is 23.7. The lowest BCUT2D eigenvalue weighted by Crippen LogP contribution is -1.86. The van der Waals surface area contributed by atoms with E-state index in [4.69, 9.17) is 0 Å². The van der Waals surface area contributed by atoms with Crippen LogP contribution in [-0.4, -0.2) is 0 Å². The van der Waals surface area contributed by atoms with Gasteiger partial charge in [0, 0.05) is 0 Å². The lowest BCUT2D eigenvalue weighted by Gasteiger charge is -2.01. The summed E-state index contributed by atoms with van der Waals surface area (Å²) in [6.45, 7) is 8.57. The fourth-order valence-electron chi connectivity index (χ4n) is 2.76. The molecule has 0 heteroatoms. The number of unbranched alkanes of at least 4 members (excludes halogenated alkanes) is 4. The van der Waals surface area contributed by atoms with Crippen molar-refractivity contribution in [3.63, 3.8) is 0 Å². The summed E-state index contributed by atoms with van der Waals surface area (Å²) in [4.78, 5) is 0. The van der Waals surface area contributed by atoms with E-state index in [2.05, 4.69) is 76.2 Å². The molecule has 0 heterocycles. The van der Waals surface area contributed by atoms with E-state index in [1.54, 1.807) is 0 Å². The second-order valence-corrected chi connectivity index (χ2v) is 7.46. The molecule has 0 aliphatic heterocycles. The van der Waals surface area contributed by atoms with Crippen LogP contribution in [-0.2, 0) is 6.42 Å². The maximum atomic E-state index is 2.26. The first-order valence-corrected chi connectivity index (χ1v) is 10.7. The molecule has 0 aromatic heterocycles. The van der Waals surface area contributed by atoms with Gasteiger partial charge in [-0.1, -0.05) is 134 Å². The molecule has 28 heavy (non-hydrogen) atoms. The molecule has 0 atom stereocenters. The Bertz CT molecular complexity index is 659. The predicted molar refractivity (Wildman–Crippen MR) is 126 cm³/mol. The van der Waals surface area contributed by atoms with Crippen molar-refractivity contribution in [1.29, 1.82) is 0 Å². The second kappa shape index (κ2) is 15.7. The van der Waals surface area contributed by atoms with Crippen molar-refractivity contribution in [2.75, 3.05) is 0 Å². The molecule has 0 nitrogen and oxygen atoms in total. The average molecular weight is 375 g/mol. The normalized spacial score (nSPS) is 9.57. The van der Waals surface area contributed by atoms with Gasteiger partial charge < -0.3 is 0 Å². The lowest BCUT2D eigenvalue weighted by molar-refractivity contribution is 0.632. The smallest absolute Gasteiger partial charge is 0.0279 e. The largest absolute Gasteiger partial charge is 0.0654 e. The Hall–Kier alpha value is -2.34. The van der Waals surface area contributed by atoms with Crippen molar-refractivity contribution in [1.82, 2.24) is 0 Å². The molecule has 3 rings (SSSR count). The predicted octanol–water partition coefficient (Wildman–Crippen LogP) is 8.50. The molecule has 0 aliphatic carbocycles. The summed E-state index contributed by atoms with van der Waals surface area (Å²) in [6, 6.07) is 29.5. The number of rotatable bonds is 6. The summed E-state index contributed by atoms with van der Waals surface area (Å²) in [7, 11) is 0. The monoisotopic (exact) mass is 374 g/mol. The minimum absolute atomic E-state index is 1.25. The quantitative estimate of drug-likeness (QED) is 0.379. The van der Waals surface area contributed by atoms with Gasteiger partial charge in [-0.2, -0.15) is 0 Å². The van der Waals surface area contributed by atoms with Crippen molar-refractivity contribution in [3.8, 4) is 0 Å². The van der Waals surface area contributed by atoms with E-state index in [9.17, 15) is 0 Å². The molecule has 0 saturated heterocycles. The van der Waals surface area contributed by atoms with E-state index in [1.165, 1.54) is 60.8 Å². The van der Waals surface area contributed by atoms with Gasteiger partial charge in [-0.05, 0) is 39.2 Å². The van der Waals surface area contributed by atoms with Crippen molar-refractivity contribution in [2.24, 2.45) is 0 Å². The number of benzene rings is 3. The summed E-state index contributed by atoms with van der Waals surface area (Å²) in [5, 5.41) is 0. The van der Waals surface area contributed by atoms with Crippen LogP contribution in [0.2, 0.25) is 0 Å². The summed E-state index contributed by atoms with van der Waals surface area (Å²) in [5.74, 6) is 0.